The van der Waals surface area contributed by atoms with E-state index in [4.69, 9.17) is 21.4 Å². The summed E-state index contributed by atoms with van der Waals surface area (Å²) in [6.45, 7) is 1.50. The number of fused-ring (bicyclic) bond motifs is 1. The van der Waals surface area contributed by atoms with Gasteiger partial charge in [-0.05, 0) is 29.2 Å². The van der Waals surface area contributed by atoms with E-state index in [1.165, 1.54) is 34.0 Å². The predicted molar refractivity (Wildman–Crippen MR) is 139 cm³/mol. The number of rotatable bonds is 11. The molecule has 4 heterocycles. The summed E-state index contributed by atoms with van der Waals surface area (Å²) in [4.78, 5) is 63.5. The third-order valence-electron chi connectivity index (χ3n) is 5.37. The van der Waals surface area contributed by atoms with E-state index in [0.717, 1.165) is 28.0 Å². The van der Waals surface area contributed by atoms with Crippen molar-refractivity contribution in [3.8, 4) is 0 Å². The second kappa shape index (κ2) is 11.9. The van der Waals surface area contributed by atoms with Crippen LogP contribution in [0.3, 0.4) is 0 Å². The fraction of sp³-hybridized carbons (Fsp3) is 0.333. The number of nitrogens with one attached hydrogen (secondary N) is 1. The smallest absolute Gasteiger partial charge is 0.362 e. The molecule has 206 valence electrons. The Hall–Kier alpha value is -3.90. The zero-order chi connectivity index (χ0) is 28.3. The maximum Gasteiger partial charge on any atom is 0.362 e. The number of thioether (sulfide) groups is 2. The molecule has 2 aromatic heterocycles. The molecule has 6 N–H and O–H groups in total. The summed E-state index contributed by atoms with van der Waals surface area (Å²) in [6, 6.07) is 0.420. The highest BCUT2D eigenvalue weighted by atomic mass is 32.2. The molecule has 0 aromatic carbocycles. The Kier molecular flexibility index (Phi) is 8.56. The van der Waals surface area contributed by atoms with Gasteiger partial charge in [-0.1, -0.05) is 5.16 Å². The molecule has 2 amide bonds. The maximum absolute atomic E-state index is 13.0. The van der Waals surface area contributed by atoms with Crippen LogP contribution in [0, 0.1) is 0 Å². The number of carboxylic acids is 2. The number of carbonyl (C=O) groups excluding carboxylic acids is 3. The Morgan fingerprint density at radius 1 is 1.38 bits per heavy atom. The SMILES string of the molecule is CCO/N=C(\C(=O)NC1C(=O)N2C(C(=O)[O-])=C(CSc3nc(N)cc[n+]3CC(=O)O)CS[C@H]12)c1csc(N)n1. The Bertz CT molecular complexity index is 1400. The average molecular weight is 595 g/mol. The highest BCUT2D eigenvalue weighted by Crippen LogP contribution is 2.41. The maximum atomic E-state index is 13.0. The number of anilines is 2. The lowest BCUT2D eigenvalue weighted by molar-refractivity contribution is -0.726. The molecule has 0 bridgehead atoms. The van der Waals surface area contributed by atoms with E-state index in [1.807, 2.05) is 0 Å². The number of amides is 2. The lowest BCUT2D eigenvalue weighted by atomic mass is 10.0. The second-order valence-corrected chi connectivity index (χ2v) is 10.9. The van der Waals surface area contributed by atoms with Gasteiger partial charge in [-0.15, -0.1) is 23.1 Å². The number of aliphatic carboxylic acids is 2. The van der Waals surface area contributed by atoms with Crippen LogP contribution in [0.5, 0.6) is 0 Å². The largest absolute Gasteiger partial charge is 0.543 e. The number of aromatic nitrogens is 3. The van der Waals surface area contributed by atoms with Gasteiger partial charge in [0.05, 0.1) is 17.9 Å². The zero-order valence-corrected chi connectivity index (χ0v) is 22.7. The summed E-state index contributed by atoms with van der Waals surface area (Å²) in [7, 11) is 0. The van der Waals surface area contributed by atoms with Gasteiger partial charge in [0, 0.05) is 23.0 Å². The minimum Gasteiger partial charge on any atom is -0.543 e. The van der Waals surface area contributed by atoms with Crippen LogP contribution in [0.25, 0.3) is 0 Å². The molecule has 1 saturated heterocycles. The van der Waals surface area contributed by atoms with Crippen molar-refractivity contribution in [2.75, 3.05) is 29.6 Å². The Balaban J connectivity index is 1.51. The molecule has 2 aliphatic rings. The number of oxime groups is 1. The van der Waals surface area contributed by atoms with Crippen LogP contribution < -0.4 is 26.5 Å². The lowest BCUT2D eigenvalue weighted by Crippen LogP contribution is -2.71. The van der Waals surface area contributed by atoms with E-state index in [9.17, 15) is 24.3 Å². The Morgan fingerprint density at radius 3 is 2.79 bits per heavy atom. The summed E-state index contributed by atoms with van der Waals surface area (Å²) in [5, 5.41) is 28.9. The summed E-state index contributed by atoms with van der Waals surface area (Å²) in [5.41, 5.74) is 11.5. The zero-order valence-electron chi connectivity index (χ0n) is 20.2. The fourth-order valence-electron chi connectivity index (χ4n) is 3.70. The number of carbonyl (C=O) groups is 4. The van der Waals surface area contributed by atoms with E-state index in [-0.39, 0.29) is 57.9 Å². The molecule has 1 unspecified atom stereocenters. The van der Waals surface area contributed by atoms with E-state index in [2.05, 4.69) is 20.4 Å². The lowest BCUT2D eigenvalue weighted by Gasteiger charge is -2.50. The van der Waals surface area contributed by atoms with E-state index in [1.54, 1.807) is 6.92 Å². The topological polar surface area (TPSA) is 230 Å². The number of nitrogens with zero attached hydrogens (tertiary/aromatic N) is 5. The van der Waals surface area contributed by atoms with Gasteiger partial charge in [-0.2, -0.15) is 0 Å². The van der Waals surface area contributed by atoms with Crippen molar-refractivity contribution in [3.05, 3.63) is 34.6 Å². The Morgan fingerprint density at radius 2 is 2.15 bits per heavy atom. The number of nitrogen functional groups attached to an aromatic ring is 2. The van der Waals surface area contributed by atoms with Crippen LogP contribution in [0.1, 0.15) is 12.6 Å². The predicted octanol–water partition coefficient (Wildman–Crippen LogP) is -1.99. The summed E-state index contributed by atoms with van der Waals surface area (Å²) >= 11 is 3.43. The van der Waals surface area contributed by atoms with Crippen LogP contribution >= 0.6 is 34.9 Å². The molecule has 2 aliphatic heterocycles. The van der Waals surface area contributed by atoms with Crippen molar-refractivity contribution in [2.45, 2.75) is 30.0 Å². The molecule has 0 radical (unpaired) electrons. The molecule has 2 aromatic rings. The molecule has 15 nitrogen and oxygen atoms in total. The molecular formula is C21H22N8O7S3. The summed E-state index contributed by atoms with van der Waals surface area (Å²) < 4.78 is 1.36. The van der Waals surface area contributed by atoms with Gasteiger partial charge < -0.3 is 36.6 Å². The van der Waals surface area contributed by atoms with E-state index in [0.29, 0.717) is 5.57 Å². The minimum absolute atomic E-state index is 0.0797. The summed E-state index contributed by atoms with van der Waals surface area (Å²) in [6.07, 6.45) is 1.47. The standard InChI is InChI=1S/C21H22N8O7S3/c1-2-36-27-13(10-8-38-20(23)24-10)16(32)26-14-17(33)29-15(19(34)35)9(6-37-18(14)29)7-39-21-25-11(22)3-4-28(21)5-12(30)31/h3-4,8,14,18,22H,2,5-7H2,1H3,(H5,23,24,26,30,31,32,34,35)/b27-13-/t14?,18-/m1/s1. The van der Waals surface area contributed by atoms with Crippen LogP contribution in [-0.2, 0) is 30.6 Å². The number of hydrogen-bond acceptors (Lipinski definition) is 14. The van der Waals surface area contributed by atoms with E-state index < -0.39 is 35.2 Å². The average Bonchev–Trinajstić information content (AvgIpc) is 3.32. The molecule has 1 fully saturated rings. The first-order chi connectivity index (χ1) is 18.6. The van der Waals surface area contributed by atoms with Crippen LogP contribution in [-0.4, -0.2) is 79.0 Å². The molecule has 4 rings (SSSR count). The van der Waals surface area contributed by atoms with Gasteiger partial charge in [-0.25, -0.2) is 14.3 Å². The van der Waals surface area contributed by atoms with Crippen molar-refractivity contribution in [1.82, 2.24) is 20.2 Å². The van der Waals surface area contributed by atoms with Crippen molar-refractivity contribution in [2.24, 2.45) is 5.16 Å². The number of nitrogens with two attached hydrogens (primary N) is 2. The van der Waals surface area contributed by atoms with Gasteiger partial charge in [0.1, 0.15) is 23.7 Å². The third kappa shape index (κ3) is 6.07. The van der Waals surface area contributed by atoms with Crippen LogP contribution in [0.4, 0.5) is 10.9 Å². The Labute approximate surface area is 233 Å². The highest BCUT2D eigenvalue weighted by molar-refractivity contribution is 8.01. The van der Waals surface area contributed by atoms with Crippen LogP contribution in [0.15, 0.2) is 39.2 Å². The second-order valence-electron chi connectivity index (χ2n) is 7.97. The van der Waals surface area contributed by atoms with Crippen molar-refractivity contribution in [1.29, 1.82) is 0 Å². The number of carboxylic acid groups (broad SMARTS) is 2. The fourth-order valence-corrected chi connectivity index (χ4v) is 6.72. The quantitative estimate of drug-likeness (QED) is 0.0552. The minimum atomic E-state index is -1.55. The van der Waals surface area contributed by atoms with Gasteiger partial charge in [0.25, 0.3) is 11.8 Å². The molecule has 39 heavy (non-hydrogen) atoms. The highest BCUT2D eigenvalue weighted by Gasteiger charge is 2.53. The van der Waals surface area contributed by atoms with Gasteiger partial charge in [0.2, 0.25) is 5.82 Å². The van der Waals surface area contributed by atoms with Crippen LogP contribution in [0.2, 0.25) is 0 Å². The normalized spacial score (nSPS) is 18.8. The molecule has 2 atom stereocenters. The first-order valence-corrected chi connectivity index (χ1v) is 14.1. The molecule has 0 spiro atoms. The molecular weight excluding hydrogens is 572 g/mol. The number of hydrogen-bond donors (Lipinski definition) is 4. The molecule has 0 saturated carbocycles. The van der Waals surface area contributed by atoms with Crippen molar-refractivity contribution >= 4 is 75.3 Å². The number of thiazole rings is 1. The van der Waals surface area contributed by atoms with Gasteiger partial charge in [-0.3, -0.25) is 14.5 Å². The number of β-lactam (4-membered cyclic amide) rings is 1. The third-order valence-corrected chi connectivity index (χ3v) is 8.46. The van der Waals surface area contributed by atoms with Gasteiger partial charge in [0.15, 0.2) is 17.4 Å². The molecule has 0 aliphatic carbocycles. The van der Waals surface area contributed by atoms with Crippen molar-refractivity contribution in [3.63, 3.8) is 0 Å². The van der Waals surface area contributed by atoms with Crippen molar-refractivity contribution < 1.29 is 38.8 Å². The first kappa shape index (κ1) is 28.1. The monoisotopic (exact) mass is 594 g/mol. The molecule has 18 heteroatoms. The summed E-state index contributed by atoms with van der Waals surface area (Å²) in [5.74, 6) is -3.56. The first-order valence-electron chi connectivity index (χ1n) is 11.2. The van der Waals surface area contributed by atoms with Gasteiger partial charge >= 0.3 is 11.1 Å². The van der Waals surface area contributed by atoms with E-state index >= 15 is 0 Å².